The molecule has 6 heteroatoms. The van der Waals surface area contributed by atoms with Crippen LogP contribution >= 0.6 is 11.8 Å². The summed E-state index contributed by atoms with van der Waals surface area (Å²) in [6.45, 7) is 4.28. The second-order valence-electron chi connectivity index (χ2n) is 6.78. The van der Waals surface area contributed by atoms with Crippen molar-refractivity contribution >= 4 is 17.6 Å². The van der Waals surface area contributed by atoms with Gasteiger partial charge in [0.05, 0.1) is 24.8 Å². The van der Waals surface area contributed by atoms with Gasteiger partial charge in [0, 0.05) is 31.2 Å². The molecule has 3 heterocycles. The van der Waals surface area contributed by atoms with Crippen LogP contribution in [-0.4, -0.2) is 32.6 Å². The van der Waals surface area contributed by atoms with Crippen molar-refractivity contribution in [3.63, 3.8) is 0 Å². The summed E-state index contributed by atoms with van der Waals surface area (Å²) in [4.78, 5) is 15.8. The van der Waals surface area contributed by atoms with Crippen molar-refractivity contribution in [2.75, 3.05) is 18.0 Å². The van der Waals surface area contributed by atoms with Gasteiger partial charge in [0.15, 0.2) is 0 Å². The Hall–Kier alpha value is -2.34. The van der Waals surface area contributed by atoms with E-state index in [0.29, 0.717) is 12.0 Å². The number of nitrogens with zero attached hydrogens (tertiary/aromatic N) is 5. The lowest BCUT2D eigenvalue weighted by Gasteiger charge is -2.38. The van der Waals surface area contributed by atoms with E-state index in [-0.39, 0.29) is 0 Å². The lowest BCUT2D eigenvalue weighted by atomic mass is 9.93. The number of rotatable bonds is 5. The summed E-state index contributed by atoms with van der Waals surface area (Å²) in [6, 6.07) is 10.9. The molecule has 1 saturated heterocycles. The van der Waals surface area contributed by atoms with E-state index in [9.17, 15) is 0 Å². The molecule has 1 aliphatic rings. The third kappa shape index (κ3) is 3.90. The van der Waals surface area contributed by atoms with Gasteiger partial charge in [0.25, 0.3) is 0 Å². The van der Waals surface area contributed by atoms with E-state index < -0.39 is 0 Å². The Labute approximate surface area is 158 Å². The molecule has 0 saturated carbocycles. The number of aromatic nitrogens is 4. The number of imidazole rings is 1. The Bertz CT molecular complexity index is 821. The first kappa shape index (κ1) is 17.1. The van der Waals surface area contributed by atoms with E-state index in [1.807, 2.05) is 31.0 Å². The Morgan fingerprint density at radius 2 is 2.04 bits per heavy atom. The number of piperidine rings is 1. The molecule has 5 nitrogen and oxygen atoms in total. The molecule has 0 bridgehead atoms. The monoisotopic (exact) mass is 365 g/mol. The van der Waals surface area contributed by atoms with Crippen molar-refractivity contribution in [1.82, 2.24) is 19.5 Å². The SMILES string of the molecule is CC1CCN(c2cncc(SCc3ccccc3)n2)CC1n1ccnc1. The van der Waals surface area contributed by atoms with E-state index in [0.717, 1.165) is 36.1 Å². The van der Waals surface area contributed by atoms with Gasteiger partial charge in [-0.3, -0.25) is 4.98 Å². The first-order valence-corrected chi connectivity index (χ1v) is 9.99. The topological polar surface area (TPSA) is 46.8 Å². The first-order valence-electron chi connectivity index (χ1n) is 9.01. The maximum Gasteiger partial charge on any atom is 0.148 e. The van der Waals surface area contributed by atoms with Gasteiger partial charge in [-0.05, 0) is 17.9 Å². The summed E-state index contributed by atoms with van der Waals surface area (Å²) in [5.74, 6) is 2.51. The Balaban J connectivity index is 1.45. The average Bonchev–Trinajstić information content (AvgIpc) is 3.22. The molecule has 4 rings (SSSR count). The zero-order valence-electron chi connectivity index (χ0n) is 14.9. The summed E-state index contributed by atoms with van der Waals surface area (Å²) in [7, 11) is 0. The predicted molar refractivity (Wildman–Crippen MR) is 105 cm³/mol. The van der Waals surface area contributed by atoms with Crippen molar-refractivity contribution in [3.8, 4) is 0 Å². The molecule has 0 aliphatic carbocycles. The Morgan fingerprint density at radius 3 is 2.85 bits per heavy atom. The minimum Gasteiger partial charge on any atom is -0.353 e. The van der Waals surface area contributed by atoms with Gasteiger partial charge in [-0.15, -0.1) is 11.8 Å². The lowest BCUT2D eigenvalue weighted by molar-refractivity contribution is 0.297. The van der Waals surface area contributed by atoms with Crippen LogP contribution < -0.4 is 4.90 Å². The second kappa shape index (κ2) is 7.91. The van der Waals surface area contributed by atoms with Gasteiger partial charge in [-0.2, -0.15) is 0 Å². The quantitative estimate of drug-likeness (QED) is 0.638. The van der Waals surface area contributed by atoms with E-state index in [1.165, 1.54) is 5.56 Å². The molecule has 2 unspecified atom stereocenters. The lowest BCUT2D eigenvalue weighted by Crippen LogP contribution is -2.41. The Morgan fingerprint density at radius 1 is 1.15 bits per heavy atom. The van der Waals surface area contributed by atoms with Crippen molar-refractivity contribution in [2.24, 2.45) is 5.92 Å². The van der Waals surface area contributed by atoms with Crippen LogP contribution in [0.5, 0.6) is 0 Å². The highest BCUT2D eigenvalue weighted by Crippen LogP contribution is 2.30. The van der Waals surface area contributed by atoms with E-state index in [2.05, 4.69) is 56.8 Å². The predicted octanol–water partition coefficient (Wildman–Crippen LogP) is 4.05. The second-order valence-corrected chi connectivity index (χ2v) is 7.77. The third-order valence-electron chi connectivity index (χ3n) is 4.98. The molecule has 3 aromatic rings. The minimum atomic E-state index is 0.425. The molecule has 1 aromatic carbocycles. The fraction of sp³-hybridized carbons (Fsp3) is 0.350. The molecule has 0 spiro atoms. The highest BCUT2D eigenvalue weighted by molar-refractivity contribution is 7.98. The van der Waals surface area contributed by atoms with Crippen molar-refractivity contribution in [2.45, 2.75) is 30.2 Å². The van der Waals surface area contributed by atoms with Crippen LogP contribution in [0.25, 0.3) is 0 Å². The van der Waals surface area contributed by atoms with Crippen LogP contribution in [0.4, 0.5) is 5.82 Å². The fourth-order valence-electron chi connectivity index (χ4n) is 3.40. The molecular weight excluding hydrogens is 342 g/mol. The first-order chi connectivity index (χ1) is 12.8. The smallest absolute Gasteiger partial charge is 0.148 e. The normalized spacial score (nSPS) is 20.3. The zero-order chi connectivity index (χ0) is 17.8. The summed E-state index contributed by atoms with van der Waals surface area (Å²) in [6.07, 6.45) is 10.7. The summed E-state index contributed by atoms with van der Waals surface area (Å²) in [5, 5.41) is 0.976. The van der Waals surface area contributed by atoms with E-state index in [4.69, 9.17) is 4.98 Å². The zero-order valence-corrected chi connectivity index (χ0v) is 15.7. The van der Waals surface area contributed by atoms with E-state index >= 15 is 0 Å². The van der Waals surface area contributed by atoms with Crippen LogP contribution in [0.2, 0.25) is 0 Å². The van der Waals surface area contributed by atoms with Crippen molar-refractivity contribution in [3.05, 3.63) is 67.0 Å². The molecule has 134 valence electrons. The molecule has 0 radical (unpaired) electrons. The highest BCUT2D eigenvalue weighted by atomic mass is 32.2. The summed E-state index contributed by atoms with van der Waals surface area (Å²) in [5.41, 5.74) is 1.30. The number of anilines is 1. The van der Waals surface area contributed by atoms with Gasteiger partial charge in [0.1, 0.15) is 10.8 Å². The molecule has 26 heavy (non-hydrogen) atoms. The van der Waals surface area contributed by atoms with Gasteiger partial charge in [-0.1, -0.05) is 37.3 Å². The maximum atomic E-state index is 4.85. The van der Waals surface area contributed by atoms with Gasteiger partial charge in [0.2, 0.25) is 0 Å². The number of hydrogen-bond donors (Lipinski definition) is 0. The summed E-state index contributed by atoms with van der Waals surface area (Å²) < 4.78 is 2.22. The van der Waals surface area contributed by atoms with Gasteiger partial charge >= 0.3 is 0 Å². The van der Waals surface area contributed by atoms with E-state index in [1.54, 1.807) is 11.8 Å². The third-order valence-corrected chi connectivity index (χ3v) is 5.95. The van der Waals surface area contributed by atoms with Crippen molar-refractivity contribution < 1.29 is 0 Å². The molecule has 1 fully saturated rings. The summed E-state index contributed by atoms with van der Waals surface area (Å²) >= 11 is 1.74. The molecule has 0 N–H and O–H groups in total. The molecule has 0 amide bonds. The number of thioether (sulfide) groups is 1. The number of benzene rings is 1. The van der Waals surface area contributed by atoms with Crippen LogP contribution in [-0.2, 0) is 5.75 Å². The average molecular weight is 366 g/mol. The largest absolute Gasteiger partial charge is 0.353 e. The van der Waals surface area contributed by atoms with Crippen LogP contribution in [0.15, 0.2) is 66.5 Å². The highest BCUT2D eigenvalue weighted by Gasteiger charge is 2.28. The maximum absolute atomic E-state index is 4.85. The minimum absolute atomic E-state index is 0.425. The molecular formula is C20H23N5S. The van der Waals surface area contributed by atoms with Crippen molar-refractivity contribution in [1.29, 1.82) is 0 Å². The number of hydrogen-bond acceptors (Lipinski definition) is 5. The van der Waals surface area contributed by atoms with Crippen LogP contribution in [0.1, 0.15) is 24.9 Å². The van der Waals surface area contributed by atoms with Gasteiger partial charge < -0.3 is 9.47 Å². The Kier molecular flexibility index (Phi) is 5.20. The molecule has 2 atom stereocenters. The van der Waals surface area contributed by atoms with Crippen LogP contribution in [0, 0.1) is 5.92 Å². The fourth-order valence-corrected chi connectivity index (χ4v) is 4.20. The van der Waals surface area contributed by atoms with Crippen LogP contribution in [0.3, 0.4) is 0 Å². The molecule has 1 aliphatic heterocycles. The molecule has 2 aromatic heterocycles. The van der Waals surface area contributed by atoms with Gasteiger partial charge in [-0.25, -0.2) is 9.97 Å². The standard InChI is InChI=1S/C20H23N5S/c1-16-7-9-24(13-18(16)25-10-8-21-15-25)19-11-22-12-20(23-19)26-14-17-5-3-2-4-6-17/h2-6,8,10-12,15-16,18H,7,9,13-14H2,1H3.